The molecule has 0 aliphatic rings. The van der Waals surface area contributed by atoms with Crippen molar-refractivity contribution in [1.82, 2.24) is 10.3 Å². The Balaban J connectivity index is 2.11. The van der Waals surface area contributed by atoms with E-state index in [2.05, 4.69) is 10.5 Å². The third-order valence-electron chi connectivity index (χ3n) is 5.30. The summed E-state index contributed by atoms with van der Waals surface area (Å²) in [5.41, 5.74) is 5.21. The van der Waals surface area contributed by atoms with Crippen molar-refractivity contribution in [2.45, 2.75) is 52.1 Å². The highest BCUT2D eigenvalue weighted by molar-refractivity contribution is 6.03. The SMILES string of the molecule is CCCC(=O)CC(CCC(=O)N(Cc1ccccc1)Cc1ccccc1)=NNC(=O)C[N+](C)(C)C. The number of benzene rings is 2. The van der Waals surface area contributed by atoms with Crippen LogP contribution < -0.4 is 5.43 Å². The number of Topliss-reactive ketones (excluding diaryl/α,β-unsaturated/α-hetero) is 1. The molecule has 188 valence electrons. The van der Waals surface area contributed by atoms with Crippen molar-refractivity contribution < 1.29 is 18.9 Å². The summed E-state index contributed by atoms with van der Waals surface area (Å²) in [5, 5.41) is 4.24. The first-order chi connectivity index (χ1) is 16.7. The van der Waals surface area contributed by atoms with Gasteiger partial charge in [-0.15, -0.1) is 0 Å². The van der Waals surface area contributed by atoms with Gasteiger partial charge in [-0.2, -0.15) is 5.10 Å². The van der Waals surface area contributed by atoms with Crippen LogP contribution in [-0.4, -0.2) is 60.4 Å². The number of amides is 2. The van der Waals surface area contributed by atoms with Gasteiger partial charge >= 0.3 is 0 Å². The predicted molar refractivity (Wildman–Crippen MR) is 139 cm³/mol. The molecule has 7 heteroatoms. The largest absolute Gasteiger partial charge is 0.334 e. The monoisotopic (exact) mass is 479 g/mol. The Morgan fingerprint density at radius 2 is 1.37 bits per heavy atom. The molecule has 2 rings (SSSR count). The van der Waals surface area contributed by atoms with Crippen LogP contribution >= 0.6 is 0 Å². The molecule has 0 fully saturated rings. The minimum absolute atomic E-state index is 0.0222. The topological polar surface area (TPSA) is 78.8 Å². The van der Waals surface area contributed by atoms with E-state index in [1.54, 1.807) is 0 Å². The van der Waals surface area contributed by atoms with Gasteiger partial charge in [0.2, 0.25) is 5.91 Å². The van der Waals surface area contributed by atoms with E-state index >= 15 is 0 Å². The molecule has 0 aliphatic carbocycles. The van der Waals surface area contributed by atoms with Crippen molar-refractivity contribution in [1.29, 1.82) is 0 Å². The first-order valence-corrected chi connectivity index (χ1v) is 12.2. The smallest absolute Gasteiger partial charge is 0.295 e. The maximum Gasteiger partial charge on any atom is 0.295 e. The van der Waals surface area contributed by atoms with E-state index < -0.39 is 0 Å². The average molecular weight is 480 g/mol. The lowest BCUT2D eigenvalue weighted by Crippen LogP contribution is -2.43. The van der Waals surface area contributed by atoms with Gasteiger partial charge in [-0.25, -0.2) is 5.43 Å². The molecule has 7 nitrogen and oxygen atoms in total. The van der Waals surface area contributed by atoms with Crippen molar-refractivity contribution in [3.63, 3.8) is 0 Å². The van der Waals surface area contributed by atoms with Gasteiger partial charge in [0.15, 0.2) is 6.54 Å². The van der Waals surface area contributed by atoms with Crippen LogP contribution in [0.4, 0.5) is 0 Å². The fraction of sp³-hybridized carbons (Fsp3) is 0.429. The summed E-state index contributed by atoms with van der Waals surface area (Å²) in [6.07, 6.45) is 1.88. The second-order valence-corrected chi connectivity index (χ2v) is 9.85. The lowest BCUT2D eigenvalue weighted by atomic mass is 10.0. The van der Waals surface area contributed by atoms with E-state index in [-0.39, 0.29) is 37.0 Å². The lowest BCUT2D eigenvalue weighted by molar-refractivity contribution is -0.862. The predicted octanol–water partition coefficient (Wildman–Crippen LogP) is 3.93. The first-order valence-electron chi connectivity index (χ1n) is 12.2. The van der Waals surface area contributed by atoms with Crippen molar-refractivity contribution in [2.75, 3.05) is 27.7 Å². The van der Waals surface area contributed by atoms with Gasteiger partial charge in [0.05, 0.1) is 21.1 Å². The van der Waals surface area contributed by atoms with E-state index in [0.29, 0.717) is 36.1 Å². The second kappa shape index (κ2) is 14.2. The zero-order valence-electron chi connectivity index (χ0n) is 21.5. The number of nitrogens with one attached hydrogen (secondary N) is 1. The maximum absolute atomic E-state index is 13.3. The summed E-state index contributed by atoms with van der Waals surface area (Å²) in [4.78, 5) is 39.6. The molecule has 1 N–H and O–H groups in total. The van der Waals surface area contributed by atoms with E-state index in [1.165, 1.54) is 0 Å². The molecule has 0 unspecified atom stereocenters. The summed E-state index contributed by atoms with van der Waals surface area (Å²) in [6, 6.07) is 19.8. The van der Waals surface area contributed by atoms with Gasteiger partial charge in [-0.3, -0.25) is 14.4 Å². The molecular weight excluding hydrogens is 440 g/mol. The fourth-order valence-corrected chi connectivity index (χ4v) is 3.64. The van der Waals surface area contributed by atoms with Crippen molar-refractivity contribution in [2.24, 2.45) is 5.10 Å². The molecule has 0 atom stereocenters. The van der Waals surface area contributed by atoms with Gasteiger partial charge in [0.25, 0.3) is 5.91 Å². The molecule has 0 aromatic heterocycles. The number of rotatable bonds is 14. The number of likely N-dealkylation sites (N-methyl/N-ethyl adjacent to an activating group) is 1. The molecule has 35 heavy (non-hydrogen) atoms. The summed E-state index contributed by atoms with van der Waals surface area (Å²) in [7, 11) is 5.76. The Hall–Kier alpha value is -3.32. The minimum atomic E-state index is -0.223. The highest BCUT2D eigenvalue weighted by Crippen LogP contribution is 2.13. The van der Waals surface area contributed by atoms with E-state index in [1.807, 2.05) is 93.6 Å². The van der Waals surface area contributed by atoms with Crippen LogP contribution in [0.2, 0.25) is 0 Å². The molecule has 0 saturated heterocycles. The van der Waals surface area contributed by atoms with Crippen molar-refractivity contribution in [3.05, 3.63) is 71.8 Å². The molecule has 2 aromatic carbocycles. The standard InChI is InChI=1S/C28H38N4O3/c1-5-12-26(33)19-25(29-30-27(34)22-32(2,3)4)17-18-28(35)31(20-23-13-8-6-9-14-23)21-24-15-10-7-11-16-24/h6-11,13-16H,5,12,17-22H2,1-4H3/p+1. The summed E-state index contributed by atoms with van der Waals surface area (Å²) in [6.45, 7) is 3.21. The summed E-state index contributed by atoms with van der Waals surface area (Å²) in [5.74, 6) is -0.185. The Labute approximate surface area is 209 Å². The Bertz CT molecular complexity index is 941. The number of hydrazone groups is 1. The molecule has 0 spiro atoms. The van der Waals surface area contributed by atoms with Crippen LogP contribution in [0.25, 0.3) is 0 Å². The van der Waals surface area contributed by atoms with Gasteiger partial charge in [-0.1, -0.05) is 67.6 Å². The number of quaternary nitrogens is 1. The highest BCUT2D eigenvalue weighted by Gasteiger charge is 2.18. The van der Waals surface area contributed by atoms with Crippen LogP contribution in [0, 0.1) is 0 Å². The number of carbonyl (C=O) groups is 3. The lowest BCUT2D eigenvalue weighted by Gasteiger charge is -2.23. The van der Waals surface area contributed by atoms with Gasteiger partial charge in [-0.05, 0) is 24.0 Å². The van der Waals surface area contributed by atoms with E-state index in [0.717, 1.165) is 17.5 Å². The van der Waals surface area contributed by atoms with Gasteiger partial charge in [0.1, 0.15) is 5.78 Å². The van der Waals surface area contributed by atoms with Crippen molar-refractivity contribution in [3.8, 4) is 0 Å². The summed E-state index contributed by atoms with van der Waals surface area (Å²) >= 11 is 0. The molecular formula is C28H39N4O3+. The number of hydrogen-bond acceptors (Lipinski definition) is 4. The van der Waals surface area contributed by atoms with Gasteiger partial charge in [0, 0.05) is 38.1 Å². The molecule has 0 bridgehead atoms. The summed E-state index contributed by atoms with van der Waals surface area (Å²) < 4.78 is 0.470. The van der Waals surface area contributed by atoms with E-state index in [4.69, 9.17) is 0 Å². The van der Waals surface area contributed by atoms with Crippen LogP contribution in [0.3, 0.4) is 0 Å². The van der Waals surface area contributed by atoms with Crippen LogP contribution in [0.15, 0.2) is 65.8 Å². The zero-order valence-corrected chi connectivity index (χ0v) is 21.5. The molecule has 0 saturated carbocycles. The normalized spacial score (nSPS) is 11.7. The van der Waals surface area contributed by atoms with Crippen LogP contribution in [0.5, 0.6) is 0 Å². The molecule has 2 amide bonds. The molecule has 0 heterocycles. The van der Waals surface area contributed by atoms with Gasteiger partial charge < -0.3 is 9.38 Å². The number of ketones is 1. The molecule has 2 aromatic rings. The third-order valence-corrected chi connectivity index (χ3v) is 5.30. The second-order valence-electron chi connectivity index (χ2n) is 9.85. The third kappa shape index (κ3) is 11.6. The average Bonchev–Trinajstić information content (AvgIpc) is 2.80. The van der Waals surface area contributed by atoms with Crippen LogP contribution in [-0.2, 0) is 27.5 Å². The Morgan fingerprint density at radius 3 is 1.86 bits per heavy atom. The minimum Gasteiger partial charge on any atom is -0.334 e. The zero-order chi connectivity index (χ0) is 25.7. The first kappa shape index (κ1) is 27.9. The Kier molecular flexibility index (Phi) is 11.3. The number of carbonyl (C=O) groups excluding carboxylic acids is 3. The van der Waals surface area contributed by atoms with Crippen molar-refractivity contribution >= 4 is 23.3 Å². The highest BCUT2D eigenvalue weighted by atomic mass is 16.2. The van der Waals surface area contributed by atoms with Crippen LogP contribution in [0.1, 0.15) is 50.2 Å². The Morgan fingerprint density at radius 1 is 0.829 bits per heavy atom. The quantitative estimate of drug-likeness (QED) is 0.253. The van der Waals surface area contributed by atoms with E-state index in [9.17, 15) is 14.4 Å². The molecule has 0 aliphatic heterocycles. The number of hydrogen-bond donors (Lipinski definition) is 1. The maximum atomic E-state index is 13.3. The molecule has 0 radical (unpaired) electrons. The fourth-order valence-electron chi connectivity index (χ4n) is 3.64. The number of nitrogens with zero attached hydrogens (tertiary/aromatic N) is 3.